The molecule has 0 atom stereocenters. The topological polar surface area (TPSA) is 63.3 Å². The zero-order valence-electron chi connectivity index (χ0n) is 4.87. The molecule has 9 heavy (non-hydrogen) atoms. The van der Waals surface area contributed by atoms with Gasteiger partial charge in [0, 0.05) is 12.3 Å². The van der Waals surface area contributed by atoms with Gasteiger partial charge in [0.2, 0.25) is 0 Å². The molecule has 0 bridgehead atoms. The highest BCUT2D eigenvalue weighted by atomic mass is 33.1. The molecule has 0 saturated carbocycles. The summed E-state index contributed by atoms with van der Waals surface area (Å²) in [7, 11) is 2.82. The molecular formula is C4H9NO2S2. The van der Waals surface area contributed by atoms with E-state index in [-0.39, 0.29) is 5.75 Å². The number of carboxylic acid groups (broad SMARTS) is 1. The quantitative estimate of drug-likeness (QED) is 0.458. The van der Waals surface area contributed by atoms with Crippen LogP contribution in [0.1, 0.15) is 0 Å². The van der Waals surface area contributed by atoms with Gasteiger partial charge in [-0.25, -0.2) is 0 Å². The van der Waals surface area contributed by atoms with Gasteiger partial charge in [0.05, 0.1) is 0 Å². The van der Waals surface area contributed by atoms with E-state index in [1.165, 1.54) is 21.6 Å². The molecule has 3 nitrogen and oxygen atoms in total. The third-order valence-corrected chi connectivity index (χ3v) is 2.75. The highest BCUT2D eigenvalue weighted by Crippen LogP contribution is 2.19. The Morgan fingerprint density at radius 1 is 1.56 bits per heavy atom. The Balaban J connectivity index is 2.83. The Hall–Kier alpha value is 0.130. The summed E-state index contributed by atoms with van der Waals surface area (Å²) in [5, 5.41) is 8.15. The first-order chi connectivity index (χ1) is 4.27. The number of carbonyl (C=O) groups is 1. The molecule has 5 heteroatoms. The molecule has 0 aliphatic heterocycles. The normalized spacial score (nSPS) is 9.44. The summed E-state index contributed by atoms with van der Waals surface area (Å²) in [4.78, 5) is 9.90. The van der Waals surface area contributed by atoms with Crippen molar-refractivity contribution in [3.63, 3.8) is 0 Å². The molecule has 0 unspecified atom stereocenters. The van der Waals surface area contributed by atoms with Gasteiger partial charge in [0.15, 0.2) is 0 Å². The van der Waals surface area contributed by atoms with Crippen LogP contribution < -0.4 is 5.73 Å². The van der Waals surface area contributed by atoms with Gasteiger partial charge in [0.1, 0.15) is 5.75 Å². The second-order valence-corrected chi connectivity index (χ2v) is 3.85. The van der Waals surface area contributed by atoms with Crippen molar-refractivity contribution < 1.29 is 9.90 Å². The van der Waals surface area contributed by atoms with Crippen LogP contribution in [-0.4, -0.2) is 29.1 Å². The highest BCUT2D eigenvalue weighted by molar-refractivity contribution is 8.76. The van der Waals surface area contributed by atoms with Gasteiger partial charge in [-0.2, -0.15) is 0 Å². The number of rotatable bonds is 5. The van der Waals surface area contributed by atoms with E-state index in [1.807, 2.05) is 0 Å². The van der Waals surface area contributed by atoms with Crippen molar-refractivity contribution >= 4 is 27.6 Å². The minimum absolute atomic E-state index is 0.157. The Morgan fingerprint density at radius 3 is 2.67 bits per heavy atom. The van der Waals surface area contributed by atoms with Gasteiger partial charge in [0.25, 0.3) is 0 Å². The van der Waals surface area contributed by atoms with Crippen LogP contribution >= 0.6 is 21.6 Å². The van der Waals surface area contributed by atoms with Crippen LogP contribution in [0.5, 0.6) is 0 Å². The molecule has 0 spiro atoms. The predicted molar refractivity (Wildman–Crippen MR) is 41.6 cm³/mol. The maximum atomic E-state index is 9.90. The van der Waals surface area contributed by atoms with Crippen LogP contribution in [0.3, 0.4) is 0 Å². The second kappa shape index (κ2) is 6.25. The van der Waals surface area contributed by atoms with Gasteiger partial charge in [-0.15, -0.1) is 0 Å². The SMILES string of the molecule is NCCSSCC(=O)O. The molecule has 0 aliphatic rings. The summed E-state index contributed by atoms with van der Waals surface area (Å²) >= 11 is 0. The first-order valence-electron chi connectivity index (χ1n) is 2.43. The van der Waals surface area contributed by atoms with E-state index < -0.39 is 5.97 Å². The number of hydrogen-bond acceptors (Lipinski definition) is 4. The van der Waals surface area contributed by atoms with Crippen molar-refractivity contribution in [3.8, 4) is 0 Å². The third kappa shape index (κ3) is 8.13. The number of aliphatic carboxylic acids is 1. The first kappa shape index (κ1) is 9.13. The number of nitrogens with two attached hydrogens (primary N) is 1. The fourth-order valence-corrected chi connectivity index (χ4v) is 1.79. The van der Waals surface area contributed by atoms with Crippen molar-refractivity contribution in [2.75, 3.05) is 18.1 Å². The van der Waals surface area contributed by atoms with Gasteiger partial charge in [-0.3, -0.25) is 4.79 Å². The van der Waals surface area contributed by atoms with E-state index in [2.05, 4.69) is 0 Å². The zero-order valence-corrected chi connectivity index (χ0v) is 6.50. The van der Waals surface area contributed by atoms with E-state index in [1.54, 1.807) is 0 Å². The summed E-state index contributed by atoms with van der Waals surface area (Å²) in [5.41, 5.74) is 5.16. The van der Waals surface area contributed by atoms with Gasteiger partial charge >= 0.3 is 5.97 Å². The van der Waals surface area contributed by atoms with Crippen molar-refractivity contribution in [2.45, 2.75) is 0 Å². The van der Waals surface area contributed by atoms with Crippen LogP contribution in [-0.2, 0) is 4.79 Å². The van der Waals surface area contributed by atoms with Crippen LogP contribution in [0.15, 0.2) is 0 Å². The Kier molecular flexibility index (Phi) is 6.34. The summed E-state index contributed by atoms with van der Waals surface area (Å²) in [5.74, 6) is 0.201. The van der Waals surface area contributed by atoms with Crippen molar-refractivity contribution in [1.29, 1.82) is 0 Å². The lowest BCUT2D eigenvalue weighted by molar-refractivity contribution is -0.133. The lowest BCUT2D eigenvalue weighted by Crippen LogP contribution is -2.01. The lowest BCUT2D eigenvalue weighted by atomic mass is 10.8. The van der Waals surface area contributed by atoms with E-state index in [9.17, 15) is 4.79 Å². The van der Waals surface area contributed by atoms with Crippen LogP contribution in [0.25, 0.3) is 0 Å². The molecule has 0 saturated heterocycles. The average Bonchev–Trinajstić information content (AvgIpc) is 1.80. The van der Waals surface area contributed by atoms with Crippen molar-refractivity contribution in [1.82, 2.24) is 0 Å². The van der Waals surface area contributed by atoms with Crippen molar-refractivity contribution in [3.05, 3.63) is 0 Å². The molecule has 0 aromatic heterocycles. The maximum Gasteiger partial charge on any atom is 0.314 e. The van der Waals surface area contributed by atoms with Gasteiger partial charge in [-0.1, -0.05) is 21.6 Å². The second-order valence-electron chi connectivity index (χ2n) is 1.27. The van der Waals surface area contributed by atoms with Gasteiger partial charge in [-0.05, 0) is 0 Å². The molecule has 54 valence electrons. The van der Waals surface area contributed by atoms with E-state index in [0.717, 1.165) is 5.75 Å². The smallest absolute Gasteiger partial charge is 0.314 e. The fourth-order valence-electron chi connectivity index (χ4n) is 0.199. The zero-order chi connectivity index (χ0) is 7.11. The maximum absolute atomic E-state index is 9.90. The summed E-state index contributed by atoms with van der Waals surface area (Å²) in [6, 6.07) is 0. The largest absolute Gasteiger partial charge is 0.481 e. The Bertz CT molecular complexity index is 88.6. The summed E-state index contributed by atoms with van der Waals surface area (Å²) in [6.07, 6.45) is 0. The fraction of sp³-hybridized carbons (Fsp3) is 0.750. The molecule has 0 rings (SSSR count). The molecule has 0 radical (unpaired) electrons. The Labute approximate surface area is 61.8 Å². The van der Waals surface area contributed by atoms with Gasteiger partial charge < -0.3 is 10.8 Å². The number of hydrogen-bond donors (Lipinski definition) is 2. The molecule has 0 aromatic rings. The molecular weight excluding hydrogens is 158 g/mol. The van der Waals surface area contributed by atoms with E-state index in [4.69, 9.17) is 10.8 Å². The monoisotopic (exact) mass is 167 g/mol. The molecule has 0 amide bonds. The minimum atomic E-state index is -0.774. The van der Waals surface area contributed by atoms with Crippen molar-refractivity contribution in [2.24, 2.45) is 5.73 Å². The lowest BCUT2D eigenvalue weighted by Gasteiger charge is -1.92. The molecule has 3 N–H and O–H groups in total. The molecule has 0 fully saturated rings. The standard InChI is InChI=1S/C4H9NO2S2/c5-1-2-8-9-3-4(6)7/h1-3,5H2,(H,6,7). The summed E-state index contributed by atoms with van der Waals surface area (Å²) < 4.78 is 0. The molecule has 0 aromatic carbocycles. The highest BCUT2D eigenvalue weighted by Gasteiger charge is 1.94. The molecule has 0 heterocycles. The Morgan fingerprint density at radius 2 is 2.22 bits per heavy atom. The van der Waals surface area contributed by atoms with Crippen LogP contribution in [0, 0.1) is 0 Å². The third-order valence-electron chi connectivity index (χ3n) is 0.467. The summed E-state index contributed by atoms with van der Waals surface area (Å²) in [6.45, 7) is 0.608. The predicted octanol–water partition coefficient (Wildman–Crippen LogP) is 0.411. The van der Waals surface area contributed by atoms with Crippen LogP contribution in [0.4, 0.5) is 0 Å². The first-order valence-corrected chi connectivity index (χ1v) is 4.92. The van der Waals surface area contributed by atoms with E-state index in [0.29, 0.717) is 6.54 Å². The molecule has 0 aliphatic carbocycles. The van der Waals surface area contributed by atoms with E-state index >= 15 is 0 Å². The minimum Gasteiger partial charge on any atom is -0.481 e. The average molecular weight is 167 g/mol. The number of carboxylic acids is 1. The van der Waals surface area contributed by atoms with Crippen LogP contribution in [0.2, 0.25) is 0 Å².